The third-order valence-corrected chi connectivity index (χ3v) is 5.57. The van der Waals surface area contributed by atoms with Gasteiger partial charge < -0.3 is 18.9 Å². The van der Waals surface area contributed by atoms with Crippen molar-refractivity contribution in [2.45, 2.75) is 6.42 Å². The van der Waals surface area contributed by atoms with Crippen LogP contribution in [0.1, 0.15) is 15.9 Å². The molecule has 0 heterocycles. The molecule has 25 heavy (non-hydrogen) atoms. The lowest BCUT2D eigenvalue weighted by atomic mass is 10.0. The second-order valence-electron chi connectivity index (χ2n) is 5.09. The van der Waals surface area contributed by atoms with Gasteiger partial charge in [0.2, 0.25) is 0 Å². The molecule has 0 saturated heterocycles. The molecule has 0 saturated carbocycles. The molecular weight excluding hydrogens is 550 g/mol. The highest BCUT2D eigenvalue weighted by Gasteiger charge is 2.18. The number of carbonyl (C=O) groups is 1. The molecule has 0 aliphatic rings. The molecule has 2 aromatic carbocycles. The first-order chi connectivity index (χ1) is 11.9. The molecule has 0 N–H and O–H groups in total. The van der Waals surface area contributed by atoms with Gasteiger partial charge in [-0.05, 0) is 75.0 Å². The van der Waals surface area contributed by atoms with Gasteiger partial charge in [-0.1, -0.05) is 0 Å². The molecule has 0 bridgehead atoms. The minimum atomic E-state index is -0.00418. The van der Waals surface area contributed by atoms with E-state index in [2.05, 4.69) is 45.2 Å². The summed E-state index contributed by atoms with van der Waals surface area (Å²) in [5, 5.41) is 0. The SMILES string of the molecule is COc1cc(I)c(CC(=O)c2cc(OC)c(OC)cc2I)cc1OC. The molecule has 2 rings (SSSR count). The molecule has 0 unspecified atom stereocenters. The van der Waals surface area contributed by atoms with Crippen LogP contribution in [0, 0.1) is 7.14 Å². The van der Waals surface area contributed by atoms with Gasteiger partial charge in [0, 0.05) is 19.1 Å². The highest BCUT2D eigenvalue weighted by Crippen LogP contribution is 2.34. The minimum absolute atomic E-state index is 0.00418. The normalized spacial score (nSPS) is 10.3. The summed E-state index contributed by atoms with van der Waals surface area (Å²) in [5.41, 5.74) is 1.48. The number of hydrogen-bond donors (Lipinski definition) is 0. The number of methoxy groups -OCH3 is 4. The molecule has 0 atom stereocenters. The molecule has 0 radical (unpaired) electrons. The van der Waals surface area contributed by atoms with Crippen molar-refractivity contribution in [2.24, 2.45) is 0 Å². The van der Waals surface area contributed by atoms with Gasteiger partial charge in [-0.3, -0.25) is 4.79 Å². The van der Waals surface area contributed by atoms with Crippen LogP contribution >= 0.6 is 45.2 Å². The van der Waals surface area contributed by atoms with Gasteiger partial charge in [-0.2, -0.15) is 0 Å². The van der Waals surface area contributed by atoms with E-state index in [0.717, 1.165) is 12.7 Å². The first-order valence-electron chi connectivity index (χ1n) is 7.30. The van der Waals surface area contributed by atoms with Crippen LogP contribution < -0.4 is 18.9 Å². The van der Waals surface area contributed by atoms with Gasteiger partial charge in [0.25, 0.3) is 0 Å². The molecule has 2 aromatic rings. The summed E-state index contributed by atoms with van der Waals surface area (Å²) >= 11 is 4.33. The fourth-order valence-corrected chi connectivity index (χ4v) is 3.74. The van der Waals surface area contributed by atoms with Crippen molar-refractivity contribution in [1.29, 1.82) is 0 Å². The lowest BCUT2D eigenvalue weighted by Crippen LogP contribution is -2.08. The Morgan fingerprint density at radius 3 is 1.72 bits per heavy atom. The maximum absolute atomic E-state index is 12.8. The zero-order valence-corrected chi connectivity index (χ0v) is 18.6. The van der Waals surface area contributed by atoms with E-state index in [0.29, 0.717) is 28.6 Å². The Balaban J connectivity index is 2.37. The van der Waals surface area contributed by atoms with Crippen molar-refractivity contribution in [3.63, 3.8) is 0 Å². The Morgan fingerprint density at radius 2 is 1.20 bits per heavy atom. The summed E-state index contributed by atoms with van der Waals surface area (Å²) in [4.78, 5) is 12.8. The van der Waals surface area contributed by atoms with Gasteiger partial charge in [-0.25, -0.2) is 0 Å². The molecule has 7 heteroatoms. The maximum Gasteiger partial charge on any atom is 0.168 e. The number of ketones is 1. The monoisotopic (exact) mass is 568 g/mol. The molecule has 5 nitrogen and oxygen atoms in total. The largest absolute Gasteiger partial charge is 0.493 e. The van der Waals surface area contributed by atoms with E-state index in [1.165, 1.54) is 0 Å². The first kappa shape index (κ1) is 20.1. The van der Waals surface area contributed by atoms with Crippen molar-refractivity contribution < 1.29 is 23.7 Å². The molecular formula is C18H18I2O5. The van der Waals surface area contributed by atoms with Crippen molar-refractivity contribution in [1.82, 2.24) is 0 Å². The zero-order chi connectivity index (χ0) is 18.6. The van der Waals surface area contributed by atoms with E-state index in [9.17, 15) is 4.79 Å². The Kier molecular flexibility index (Phi) is 7.17. The van der Waals surface area contributed by atoms with E-state index in [4.69, 9.17) is 18.9 Å². The molecule has 0 fully saturated rings. The fraction of sp³-hybridized carbons (Fsp3) is 0.278. The average molecular weight is 568 g/mol. The highest BCUT2D eigenvalue weighted by molar-refractivity contribution is 14.1. The minimum Gasteiger partial charge on any atom is -0.493 e. The summed E-state index contributed by atoms with van der Waals surface area (Å²) in [5.74, 6) is 2.38. The molecule has 0 aliphatic heterocycles. The van der Waals surface area contributed by atoms with Crippen LogP contribution in [0.5, 0.6) is 23.0 Å². The number of benzene rings is 2. The topological polar surface area (TPSA) is 54.0 Å². The van der Waals surface area contributed by atoms with Gasteiger partial charge in [0.1, 0.15) is 0 Å². The third kappa shape index (κ3) is 4.49. The summed E-state index contributed by atoms with van der Waals surface area (Å²) in [7, 11) is 6.29. The summed E-state index contributed by atoms with van der Waals surface area (Å²) in [6, 6.07) is 7.22. The Labute approximate surface area is 174 Å². The van der Waals surface area contributed by atoms with Crippen molar-refractivity contribution in [3.05, 3.63) is 42.5 Å². The van der Waals surface area contributed by atoms with Gasteiger partial charge >= 0.3 is 0 Å². The predicted molar refractivity (Wildman–Crippen MR) is 113 cm³/mol. The van der Waals surface area contributed by atoms with Gasteiger partial charge in [0.05, 0.1) is 28.4 Å². The van der Waals surface area contributed by atoms with E-state index in [1.54, 1.807) is 40.6 Å². The molecule has 134 valence electrons. The number of hydrogen-bond acceptors (Lipinski definition) is 5. The van der Waals surface area contributed by atoms with Crippen molar-refractivity contribution in [2.75, 3.05) is 28.4 Å². The van der Waals surface area contributed by atoms with Crippen LogP contribution in [0.2, 0.25) is 0 Å². The number of Topliss-reactive ketones (excluding diaryl/α,β-unsaturated/α-hetero) is 1. The maximum atomic E-state index is 12.8. The van der Waals surface area contributed by atoms with Crippen LogP contribution in [0.4, 0.5) is 0 Å². The zero-order valence-electron chi connectivity index (χ0n) is 14.3. The molecule has 0 spiro atoms. The average Bonchev–Trinajstić information content (AvgIpc) is 2.62. The Morgan fingerprint density at radius 1 is 0.760 bits per heavy atom. The Bertz CT molecular complexity index is 790. The number of ether oxygens (including phenoxy) is 4. The smallest absolute Gasteiger partial charge is 0.168 e. The van der Waals surface area contributed by atoms with E-state index >= 15 is 0 Å². The standard InChI is InChI=1S/C18H18I2O5/c1-22-15-6-10(12(19)8-17(15)24-3)5-14(21)11-7-16(23-2)18(25-4)9-13(11)20/h6-9H,5H2,1-4H3. The lowest BCUT2D eigenvalue weighted by molar-refractivity contribution is 0.0991. The van der Waals surface area contributed by atoms with Crippen molar-refractivity contribution >= 4 is 51.0 Å². The van der Waals surface area contributed by atoms with E-state index in [1.807, 2.05) is 12.1 Å². The second-order valence-corrected chi connectivity index (χ2v) is 7.41. The number of rotatable bonds is 7. The second kappa shape index (κ2) is 8.93. The summed E-state index contributed by atoms with van der Waals surface area (Å²) < 4.78 is 23.0. The molecule has 0 aliphatic carbocycles. The quantitative estimate of drug-likeness (QED) is 0.368. The van der Waals surface area contributed by atoms with E-state index < -0.39 is 0 Å². The predicted octanol–water partition coefficient (Wildman–Crippen LogP) is 4.36. The highest BCUT2D eigenvalue weighted by atomic mass is 127. The first-order valence-corrected chi connectivity index (χ1v) is 9.46. The molecule has 0 aromatic heterocycles. The van der Waals surface area contributed by atoms with E-state index in [-0.39, 0.29) is 12.2 Å². The van der Waals surface area contributed by atoms with Crippen LogP contribution in [0.15, 0.2) is 24.3 Å². The Hall–Kier alpha value is -1.23. The fourth-order valence-electron chi connectivity index (χ4n) is 2.37. The lowest BCUT2D eigenvalue weighted by Gasteiger charge is -2.13. The van der Waals surface area contributed by atoms with Crippen LogP contribution in [0.25, 0.3) is 0 Å². The third-order valence-electron chi connectivity index (χ3n) is 3.68. The summed E-state index contributed by atoms with van der Waals surface area (Å²) in [6.45, 7) is 0. The molecule has 0 amide bonds. The number of halogens is 2. The summed E-state index contributed by atoms with van der Waals surface area (Å²) in [6.07, 6.45) is 0.254. The van der Waals surface area contributed by atoms with Crippen LogP contribution in [0.3, 0.4) is 0 Å². The number of carbonyl (C=O) groups excluding carboxylic acids is 1. The van der Waals surface area contributed by atoms with Crippen LogP contribution in [-0.4, -0.2) is 34.2 Å². The van der Waals surface area contributed by atoms with Crippen LogP contribution in [-0.2, 0) is 6.42 Å². The van der Waals surface area contributed by atoms with Gasteiger partial charge in [-0.15, -0.1) is 0 Å². The van der Waals surface area contributed by atoms with Gasteiger partial charge in [0.15, 0.2) is 28.8 Å². The van der Waals surface area contributed by atoms with Crippen molar-refractivity contribution in [3.8, 4) is 23.0 Å².